The summed E-state index contributed by atoms with van der Waals surface area (Å²) in [5.74, 6) is 1.63. The standard InChI is InChI=1S/C17H24N4O/c1-14-5-9-20(10-6-14)12-15(22)13-21-11-8-19-17(21)16-4-2-3-7-18-16/h2-4,7-8,11,14-15,22H,5-6,9-10,12-13H2,1H3. The number of rotatable bonds is 5. The van der Waals surface area contributed by atoms with Crippen LogP contribution in [0.3, 0.4) is 0 Å². The van der Waals surface area contributed by atoms with E-state index in [1.807, 2.05) is 29.0 Å². The predicted molar refractivity (Wildman–Crippen MR) is 86.3 cm³/mol. The van der Waals surface area contributed by atoms with E-state index in [4.69, 9.17) is 0 Å². The number of likely N-dealkylation sites (tertiary alicyclic amines) is 1. The number of nitrogens with zero attached hydrogens (tertiary/aromatic N) is 4. The van der Waals surface area contributed by atoms with Crippen molar-refractivity contribution in [1.29, 1.82) is 0 Å². The molecule has 0 radical (unpaired) electrons. The number of piperidine rings is 1. The number of aromatic nitrogens is 3. The van der Waals surface area contributed by atoms with E-state index in [9.17, 15) is 5.11 Å². The minimum Gasteiger partial charge on any atom is -0.390 e. The molecule has 5 heteroatoms. The number of aliphatic hydroxyl groups excluding tert-OH is 1. The van der Waals surface area contributed by atoms with E-state index in [-0.39, 0.29) is 6.10 Å². The van der Waals surface area contributed by atoms with Crippen molar-refractivity contribution >= 4 is 0 Å². The molecule has 1 unspecified atom stereocenters. The Kier molecular flexibility index (Phi) is 4.85. The molecule has 0 saturated carbocycles. The molecule has 0 amide bonds. The zero-order chi connectivity index (χ0) is 15.4. The monoisotopic (exact) mass is 300 g/mol. The van der Waals surface area contributed by atoms with E-state index in [2.05, 4.69) is 21.8 Å². The highest BCUT2D eigenvalue weighted by atomic mass is 16.3. The van der Waals surface area contributed by atoms with Gasteiger partial charge >= 0.3 is 0 Å². The van der Waals surface area contributed by atoms with Crippen LogP contribution in [0, 0.1) is 5.92 Å². The molecular formula is C17H24N4O. The Morgan fingerprint density at radius 2 is 2.00 bits per heavy atom. The van der Waals surface area contributed by atoms with Crippen molar-refractivity contribution in [3.8, 4) is 11.5 Å². The normalized spacial score (nSPS) is 18.5. The molecule has 1 aliphatic rings. The highest BCUT2D eigenvalue weighted by Gasteiger charge is 2.19. The Bertz CT molecular complexity index is 575. The van der Waals surface area contributed by atoms with E-state index in [0.29, 0.717) is 6.54 Å². The van der Waals surface area contributed by atoms with Crippen LogP contribution in [0.2, 0.25) is 0 Å². The molecule has 1 aliphatic heterocycles. The Morgan fingerprint density at radius 1 is 1.18 bits per heavy atom. The molecule has 3 heterocycles. The van der Waals surface area contributed by atoms with Crippen LogP contribution in [0.5, 0.6) is 0 Å². The Morgan fingerprint density at radius 3 is 2.73 bits per heavy atom. The lowest BCUT2D eigenvalue weighted by Gasteiger charge is -2.31. The van der Waals surface area contributed by atoms with Gasteiger partial charge in [0.05, 0.1) is 12.6 Å². The number of aliphatic hydroxyl groups is 1. The molecule has 118 valence electrons. The molecule has 1 N–H and O–H groups in total. The Labute approximate surface area is 131 Å². The molecule has 0 aromatic carbocycles. The quantitative estimate of drug-likeness (QED) is 0.918. The first kappa shape index (κ1) is 15.2. The zero-order valence-corrected chi connectivity index (χ0v) is 13.1. The Balaban J connectivity index is 1.60. The van der Waals surface area contributed by atoms with Crippen LogP contribution in [0.4, 0.5) is 0 Å². The van der Waals surface area contributed by atoms with Crippen molar-refractivity contribution < 1.29 is 5.11 Å². The minimum absolute atomic E-state index is 0.384. The molecule has 1 atom stereocenters. The minimum atomic E-state index is -0.384. The second kappa shape index (κ2) is 7.03. The average Bonchev–Trinajstić information content (AvgIpc) is 2.98. The lowest BCUT2D eigenvalue weighted by atomic mass is 9.99. The summed E-state index contributed by atoms with van der Waals surface area (Å²) in [6.45, 7) is 5.77. The number of hydrogen-bond donors (Lipinski definition) is 1. The zero-order valence-electron chi connectivity index (χ0n) is 13.1. The summed E-state index contributed by atoms with van der Waals surface area (Å²) in [5, 5.41) is 10.4. The number of β-amino-alcohol motifs (C(OH)–C–C–N with tert-alkyl or cyclic N) is 1. The molecule has 0 aliphatic carbocycles. The summed E-state index contributed by atoms with van der Waals surface area (Å²) in [7, 11) is 0. The van der Waals surface area contributed by atoms with Gasteiger partial charge in [-0.2, -0.15) is 0 Å². The first-order valence-electron chi connectivity index (χ1n) is 8.05. The maximum Gasteiger partial charge on any atom is 0.158 e. The van der Waals surface area contributed by atoms with Crippen LogP contribution in [-0.2, 0) is 6.54 Å². The van der Waals surface area contributed by atoms with Gasteiger partial charge in [0.25, 0.3) is 0 Å². The van der Waals surface area contributed by atoms with Gasteiger partial charge in [-0.05, 0) is 44.0 Å². The smallest absolute Gasteiger partial charge is 0.158 e. The number of imidazole rings is 1. The largest absolute Gasteiger partial charge is 0.390 e. The molecular weight excluding hydrogens is 276 g/mol. The second-order valence-corrected chi connectivity index (χ2v) is 6.26. The van der Waals surface area contributed by atoms with Gasteiger partial charge in [0.1, 0.15) is 5.69 Å². The molecule has 1 saturated heterocycles. The Hall–Kier alpha value is -1.72. The van der Waals surface area contributed by atoms with Gasteiger partial charge in [-0.25, -0.2) is 4.98 Å². The van der Waals surface area contributed by atoms with Crippen molar-refractivity contribution in [3.05, 3.63) is 36.8 Å². The van der Waals surface area contributed by atoms with Gasteiger partial charge in [-0.1, -0.05) is 13.0 Å². The van der Waals surface area contributed by atoms with Crippen LogP contribution in [0.1, 0.15) is 19.8 Å². The number of pyridine rings is 1. The third-order valence-electron chi connectivity index (χ3n) is 4.36. The summed E-state index contributed by atoms with van der Waals surface area (Å²) < 4.78 is 1.99. The summed E-state index contributed by atoms with van der Waals surface area (Å²) in [6, 6.07) is 5.78. The van der Waals surface area contributed by atoms with Crippen LogP contribution in [0.25, 0.3) is 11.5 Å². The van der Waals surface area contributed by atoms with Crippen LogP contribution in [-0.4, -0.2) is 50.3 Å². The van der Waals surface area contributed by atoms with Gasteiger partial charge in [-0.3, -0.25) is 4.98 Å². The molecule has 1 fully saturated rings. The summed E-state index contributed by atoms with van der Waals surface area (Å²) in [6.07, 6.45) is 7.52. The molecule has 2 aromatic rings. The number of hydrogen-bond acceptors (Lipinski definition) is 4. The van der Waals surface area contributed by atoms with Gasteiger partial charge < -0.3 is 14.6 Å². The topological polar surface area (TPSA) is 54.2 Å². The predicted octanol–water partition coefficient (Wildman–Crippen LogP) is 2.04. The third kappa shape index (κ3) is 3.72. The van der Waals surface area contributed by atoms with Crippen LogP contribution in [0.15, 0.2) is 36.8 Å². The first-order chi connectivity index (χ1) is 10.7. The second-order valence-electron chi connectivity index (χ2n) is 6.26. The lowest BCUT2D eigenvalue weighted by Crippen LogP contribution is -2.39. The van der Waals surface area contributed by atoms with Crippen molar-refractivity contribution in [2.45, 2.75) is 32.4 Å². The van der Waals surface area contributed by atoms with Gasteiger partial charge in [0.2, 0.25) is 0 Å². The fourth-order valence-corrected chi connectivity index (χ4v) is 3.01. The van der Waals surface area contributed by atoms with Gasteiger partial charge in [0, 0.05) is 25.1 Å². The maximum absolute atomic E-state index is 10.4. The maximum atomic E-state index is 10.4. The highest BCUT2D eigenvalue weighted by Crippen LogP contribution is 2.17. The third-order valence-corrected chi connectivity index (χ3v) is 4.36. The molecule has 22 heavy (non-hydrogen) atoms. The fourth-order valence-electron chi connectivity index (χ4n) is 3.01. The molecule has 5 nitrogen and oxygen atoms in total. The van der Waals surface area contributed by atoms with E-state index in [1.54, 1.807) is 12.4 Å². The van der Waals surface area contributed by atoms with Crippen LogP contribution >= 0.6 is 0 Å². The average molecular weight is 300 g/mol. The van der Waals surface area contributed by atoms with Crippen LogP contribution < -0.4 is 0 Å². The molecule has 0 bridgehead atoms. The van der Waals surface area contributed by atoms with E-state index in [1.165, 1.54) is 12.8 Å². The van der Waals surface area contributed by atoms with Gasteiger partial charge in [-0.15, -0.1) is 0 Å². The van der Waals surface area contributed by atoms with E-state index in [0.717, 1.165) is 37.1 Å². The summed E-state index contributed by atoms with van der Waals surface area (Å²) in [4.78, 5) is 11.1. The highest BCUT2D eigenvalue weighted by molar-refractivity contribution is 5.48. The van der Waals surface area contributed by atoms with Crippen molar-refractivity contribution in [2.24, 2.45) is 5.92 Å². The van der Waals surface area contributed by atoms with Crippen molar-refractivity contribution in [1.82, 2.24) is 19.4 Å². The van der Waals surface area contributed by atoms with Gasteiger partial charge in [0.15, 0.2) is 5.82 Å². The first-order valence-corrected chi connectivity index (χ1v) is 8.05. The molecule has 2 aromatic heterocycles. The summed E-state index contributed by atoms with van der Waals surface area (Å²) in [5.41, 5.74) is 0.839. The lowest BCUT2D eigenvalue weighted by molar-refractivity contribution is 0.0804. The van der Waals surface area contributed by atoms with Crippen molar-refractivity contribution in [2.75, 3.05) is 19.6 Å². The summed E-state index contributed by atoms with van der Waals surface area (Å²) >= 11 is 0. The SMILES string of the molecule is CC1CCN(CC(O)Cn2ccnc2-c2ccccn2)CC1. The van der Waals surface area contributed by atoms with E-state index >= 15 is 0 Å². The van der Waals surface area contributed by atoms with Crippen molar-refractivity contribution in [3.63, 3.8) is 0 Å². The van der Waals surface area contributed by atoms with E-state index < -0.39 is 0 Å². The molecule has 3 rings (SSSR count). The molecule has 0 spiro atoms. The fraction of sp³-hybridized carbons (Fsp3) is 0.529.